The maximum atomic E-state index is 12.2. The third-order valence-corrected chi connectivity index (χ3v) is 4.51. The van der Waals surface area contributed by atoms with Gasteiger partial charge in [-0.3, -0.25) is 4.79 Å². The van der Waals surface area contributed by atoms with Gasteiger partial charge in [0, 0.05) is 30.1 Å². The highest BCUT2D eigenvalue weighted by Gasteiger charge is 2.13. The number of para-hydroxylation sites is 1. The number of amides is 1. The number of H-pyrrole nitrogens is 1. The third-order valence-electron chi connectivity index (χ3n) is 4.51. The molecule has 0 fully saturated rings. The van der Waals surface area contributed by atoms with Crippen molar-refractivity contribution in [3.8, 4) is 5.75 Å². The SMILES string of the molecule is O=C(Cc1ccc2c(c1)CCO2)NCCc1c[nH]c2ccccc12. The number of aromatic nitrogens is 1. The summed E-state index contributed by atoms with van der Waals surface area (Å²) in [5.41, 5.74) is 4.63. The van der Waals surface area contributed by atoms with E-state index in [0.29, 0.717) is 13.0 Å². The van der Waals surface area contributed by atoms with E-state index in [1.54, 1.807) is 0 Å². The Morgan fingerprint density at radius 3 is 3.08 bits per heavy atom. The Morgan fingerprint density at radius 1 is 1.21 bits per heavy atom. The molecule has 0 atom stereocenters. The van der Waals surface area contributed by atoms with Crippen molar-refractivity contribution in [1.82, 2.24) is 10.3 Å². The molecule has 0 saturated heterocycles. The molecule has 4 rings (SSSR count). The molecule has 2 aromatic carbocycles. The highest BCUT2D eigenvalue weighted by molar-refractivity contribution is 5.83. The predicted molar refractivity (Wildman–Crippen MR) is 94.4 cm³/mol. The first-order valence-corrected chi connectivity index (χ1v) is 8.36. The summed E-state index contributed by atoms with van der Waals surface area (Å²) in [5, 5.41) is 4.24. The first-order chi connectivity index (χ1) is 11.8. The molecule has 0 unspecified atom stereocenters. The second-order valence-corrected chi connectivity index (χ2v) is 6.18. The summed E-state index contributed by atoms with van der Waals surface area (Å²) in [6, 6.07) is 14.3. The van der Waals surface area contributed by atoms with Gasteiger partial charge in [-0.1, -0.05) is 30.3 Å². The zero-order chi connectivity index (χ0) is 16.4. The summed E-state index contributed by atoms with van der Waals surface area (Å²) in [6.45, 7) is 1.39. The normalized spacial score (nSPS) is 12.8. The minimum absolute atomic E-state index is 0.0636. The van der Waals surface area contributed by atoms with Gasteiger partial charge < -0.3 is 15.0 Å². The minimum atomic E-state index is 0.0636. The van der Waals surface area contributed by atoms with Crippen LogP contribution in [0.3, 0.4) is 0 Å². The summed E-state index contributed by atoms with van der Waals surface area (Å²) < 4.78 is 5.50. The van der Waals surface area contributed by atoms with Crippen molar-refractivity contribution in [2.75, 3.05) is 13.2 Å². The van der Waals surface area contributed by atoms with Crippen molar-refractivity contribution in [3.63, 3.8) is 0 Å². The van der Waals surface area contributed by atoms with Crippen LogP contribution < -0.4 is 10.1 Å². The van der Waals surface area contributed by atoms with E-state index in [0.717, 1.165) is 36.3 Å². The molecular weight excluding hydrogens is 300 g/mol. The molecule has 4 nitrogen and oxygen atoms in total. The van der Waals surface area contributed by atoms with Crippen molar-refractivity contribution >= 4 is 16.8 Å². The van der Waals surface area contributed by atoms with Crippen LogP contribution in [0.1, 0.15) is 16.7 Å². The molecule has 4 heteroatoms. The number of hydrogen-bond acceptors (Lipinski definition) is 2. The van der Waals surface area contributed by atoms with E-state index in [4.69, 9.17) is 4.74 Å². The summed E-state index contributed by atoms with van der Waals surface area (Å²) in [4.78, 5) is 15.4. The second kappa shape index (κ2) is 6.40. The molecule has 2 heterocycles. The molecule has 122 valence electrons. The average Bonchev–Trinajstić information content (AvgIpc) is 3.21. The van der Waals surface area contributed by atoms with E-state index < -0.39 is 0 Å². The van der Waals surface area contributed by atoms with Gasteiger partial charge in [0.1, 0.15) is 5.75 Å². The Hall–Kier alpha value is -2.75. The molecular formula is C20H20N2O2. The molecule has 24 heavy (non-hydrogen) atoms. The van der Waals surface area contributed by atoms with Crippen LogP contribution in [-0.4, -0.2) is 24.0 Å². The summed E-state index contributed by atoms with van der Waals surface area (Å²) >= 11 is 0. The van der Waals surface area contributed by atoms with Crippen LogP contribution in [0.15, 0.2) is 48.7 Å². The Morgan fingerprint density at radius 2 is 2.12 bits per heavy atom. The molecule has 3 aromatic rings. The number of nitrogens with one attached hydrogen (secondary N) is 2. The fraction of sp³-hybridized carbons (Fsp3) is 0.250. The zero-order valence-electron chi connectivity index (χ0n) is 13.5. The number of aromatic amines is 1. The molecule has 1 aliphatic rings. The van der Waals surface area contributed by atoms with Gasteiger partial charge >= 0.3 is 0 Å². The lowest BCUT2D eigenvalue weighted by atomic mass is 10.1. The lowest BCUT2D eigenvalue weighted by Crippen LogP contribution is -2.27. The molecule has 0 spiro atoms. The first-order valence-electron chi connectivity index (χ1n) is 8.36. The smallest absolute Gasteiger partial charge is 0.224 e. The fourth-order valence-electron chi connectivity index (χ4n) is 3.27. The topological polar surface area (TPSA) is 54.1 Å². The highest BCUT2D eigenvalue weighted by Crippen LogP contribution is 2.26. The van der Waals surface area contributed by atoms with Gasteiger partial charge in [-0.25, -0.2) is 0 Å². The Labute approximate surface area is 140 Å². The summed E-state index contributed by atoms with van der Waals surface area (Å²) in [6.07, 6.45) is 4.21. The second-order valence-electron chi connectivity index (χ2n) is 6.18. The Balaban J connectivity index is 1.32. The summed E-state index contributed by atoms with van der Waals surface area (Å²) in [7, 11) is 0. The predicted octanol–water partition coefficient (Wildman–Crippen LogP) is 3.00. The van der Waals surface area contributed by atoms with E-state index in [2.05, 4.69) is 28.5 Å². The van der Waals surface area contributed by atoms with Crippen molar-refractivity contribution in [2.45, 2.75) is 19.3 Å². The Kier molecular flexibility index (Phi) is 3.95. The molecule has 0 saturated carbocycles. The molecule has 0 radical (unpaired) electrons. The van der Waals surface area contributed by atoms with Crippen LogP contribution in [0, 0.1) is 0 Å². The number of benzene rings is 2. The minimum Gasteiger partial charge on any atom is -0.493 e. The summed E-state index contributed by atoms with van der Waals surface area (Å²) in [5.74, 6) is 1.02. The van der Waals surface area contributed by atoms with Gasteiger partial charge in [-0.05, 0) is 35.2 Å². The standard InChI is InChI=1S/C20H20N2O2/c23-20(12-14-5-6-19-15(11-14)8-10-24-19)21-9-7-16-13-22-18-4-2-1-3-17(16)18/h1-6,11,13,22H,7-10,12H2,(H,21,23). The van der Waals surface area contributed by atoms with E-state index >= 15 is 0 Å². The monoisotopic (exact) mass is 320 g/mol. The highest BCUT2D eigenvalue weighted by atomic mass is 16.5. The van der Waals surface area contributed by atoms with E-state index in [1.165, 1.54) is 16.5 Å². The molecule has 2 N–H and O–H groups in total. The number of carbonyl (C=O) groups excluding carboxylic acids is 1. The molecule has 0 aliphatic carbocycles. The molecule has 1 aliphatic heterocycles. The quantitative estimate of drug-likeness (QED) is 0.759. The van der Waals surface area contributed by atoms with Gasteiger partial charge in [0.25, 0.3) is 0 Å². The van der Waals surface area contributed by atoms with Crippen LogP contribution in [-0.2, 0) is 24.1 Å². The van der Waals surface area contributed by atoms with Crippen molar-refractivity contribution < 1.29 is 9.53 Å². The van der Waals surface area contributed by atoms with Crippen LogP contribution in [0.25, 0.3) is 10.9 Å². The number of carbonyl (C=O) groups is 1. The third kappa shape index (κ3) is 3.00. The molecule has 0 bridgehead atoms. The number of fused-ring (bicyclic) bond motifs is 2. The van der Waals surface area contributed by atoms with Gasteiger partial charge in [0.2, 0.25) is 5.91 Å². The van der Waals surface area contributed by atoms with Crippen LogP contribution in [0.5, 0.6) is 5.75 Å². The largest absolute Gasteiger partial charge is 0.493 e. The van der Waals surface area contributed by atoms with Crippen molar-refractivity contribution in [3.05, 3.63) is 65.4 Å². The van der Waals surface area contributed by atoms with E-state index in [9.17, 15) is 4.79 Å². The van der Waals surface area contributed by atoms with Crippen LogP contribution in [0.2, 0.25) is 0 Å². The lowest BCUT2D eigenvalue weighted by Gasteiger charge is -2.06. The number of rotatable bonds is 5. The Bertz CT molecular complexity index is 882. The van der Waals surface area contributed by atoms with Gasteiger partial charge in [-0.2, -0.15) is 0 Å². The zero-order valence-corrected chi connectivity index (χ0v) is 13.5. The molecule has 1 amide bonds. The number of hydrogen-bond donors (Lipinski definition) is 2. The van der Waals surface area contributed by atoms with Crippen molar-refractivity contribution in [1.29, 1.82) is 0 Å². The van der Waals surface area contributed by atoms with E-state index in [-0.39, 0.29) is 5.91 Å². The fourth-order valence-corrected chi connectivity index (χ4v) is 3.27. The van der Waals surface area contributed by atoms with Gasteiger partial charge in [0.05, 0.1) is 13.0 Å². The van der Waals surface area contributed by atoms with Gasteiger partial charge in [-0.15, -0.1) is 0 Å². The number of ether oxygens (including phenoxy) is 1. The maximum absolute atomic E-state index is 12.2. The maximum Gasteiger partial charge on any atom is 0.224 e. The molecule has 1 aromatic heterocycles. The average molecular weight is 320 g/mol. The lowest BCUT2D eigenvalue weighted by molar-refractivity contribution is -0.120. The van der Waals surface area contributed by atoms with Crippen molar-refractivity contribution in [2.24, 2.45) is 0 Å². The first kappa shape index (κ1) is 14.8. The van der Waals surface area contributed by atoms with Gasteiger partial charge in [0.15, 0.2) is 0 Å². The van der Waals surface area contributed by atoms with Crippen LogP contribution >= 0.6 is 0 Å². The van der Waals surface area contributed by atoms with Crippen LogP contribution in [0.4, 0.5) is 0 Å². The van der Waals surface area contributed by atoms with E-state index in [1.807, 2.05) is 30.5 Å².